The predicted octanol–water partition coefficient (Wildman–Crippen LogP) is 0.891. The number of nitrogens with zero attached hydrogens (tertiary/aromatic N) is 2. The first-order valence-corrected chi connectivity index (χ1v) is 6.00. The van der Waals surface area contributed by atoms with Gasteiger partial charge in [0.2, 0.25) is 0 Å². The van der Waals surface area contributed by atoms with E-state index in [1.165, 1.54) is 0 Å². The lowest BCUT2D eigenvalue weighted by atomic mass is 10.1. The zero-order valence-corrected chi connectivity index (χ0v) is 10.6. The molecule has 0 aliphatic carbocycles. The van der Waals surface area contributed by atoms with Crippen molar-refractivity contribution in [2.24, 2.45) is 10.8 Å². The van der Waals surface area contributed by atoms with Crippen molar-refractivity contribution >= 4 is 28.8 Å². The van der Waals surface area contributed by atoms with Gasteiger partial charge in [-0.15, -0.1) is 0 Å². The first-order chi connectivity index (χ1) is 6.72. The molecule has 1 rings (SSSR count). The van der Waals surface area contributed by atoms with Crippen LogP contribution in [0.2, 0.25) is 0 Å². The number of piperidine rings is 1. The van der Waals surface area contributed by atoms with Crippen LogP contribution in [0, 0.1) is 0 Å². The third-order valence-electron chi connectivity index (χ3n) is 2.32. The summed E-state index contributed by atoms with van der Waals surface area (Å²) in [6.45, 7) is 2.29. The topological polar surface area (TPSA) is 53.6 Å². The quantitative estimate of drug-likeness (QED) is 0.462. The van der Waals surface area contributed by atoms with Crippen molar-refractivity contribution in [3.8, 4) is 0 Å². The monoisotopic (exact) mass is 308 g/mol. The molecule has 0 atom stereocenters. The molecular formula is C9H17IN4. The van der Waals surface area contributed by atoms with Gasteiger partial charge in [0.15, 0.2) is 0 Å². The van der Waals surface area contributed by atoms with Gasteiger partial charge >= 0.3 is 0 Å². The maximum Gasteiger partial charge on any atom is 0.0702 e. The number of hydrazone groups is 1. The van der Waals surface area contributed by atoms with Crippen molar-refractivity contribution in [3.05, 3.63) is 9.78 Å². The molecule has 0 aromatic heterocycles. The van der Waals surface area contributed by atoms with E-state index < -0.39 is 0 Å². The van der Waals surface area contributed by atoms with Crippen molar-refractivity contribution in [2.75, 3.05) is 20.1 Å². The molecule has 0 unspecified atom stereocenters. The van der Waals surface area contributed by atoms with Gasteiger partial charge in [-0.2, -0.15) is 5.10 Å². The molecule has 4 nitrogen and oxygen atoms in total. The Morgan fingerprint density at radius 3 is 2.79 bits per heavy atom. The minimum absolute atomic E-state index is 0.504. The molecule has 0 amide bonds. The Bertz CT molecular complexity index is 219. The summed E-state index contributed by atoms with van der Waals surface area (Å²) in [6.07, 6.45) is 3.97. The molecule has 5 heteroatoms. The van der Waals surface area contributed by atoms with E-state index in [9.17, 15) is 0 Å². The second-order valence-corrected chi connectivity index (χ2v) is 4.20. The molecule has 3 N–H and O–H groups in total. The predicted molar refractivity (Wildman–Crippen MR) is 68.4 cm³/mol. The Morgan fingerprint density at radius 1 is 1.57 bits per heavy atom. The number of nitrogens with one attached hydrogen (secondary N) is 1. The number of hydrogen-bond donors (Lipinski definition) is 2. The third kappa shape index (κ3) is 4.28. The van der Waals surface area contributed by atoms with Crippen molar-refractivity contribution in [2.45, 2.75) is 18.9 Å². The molecule has 1 fully saturated rings. The summed E-state index contributed by atoms with van der Waals surface area (Å²) < 4.78 is 1.80. The molecule has 80 valence electrons. The first-order valence-electron chi connectivity index (χ1n) is 4.75. The van der Waals surface area contributed by atoms with Gasteiger partial charge in [0, 0.05) is 10.1 Å². The summed E-state index contributed by atoms with van der Waals surface area (Å²) in [5.41, 5.74) is 9.38. The molecule has 1 saturated heterocycles. The van der Waals surface area contributed by atoms with E-state index in [0.29, 0.717) is 11.7 Å². The van der Waals surface area contributed by atoms with E-state index in [-0.39, 0.29) is 0 Å². The Hall–Kier alpha value is -0.300. The Morgan fingerprint density at radius 2 is 2.21 bits per heavy atom. The second-order valence-electron chi connectivity index (χ2n) is 3.57. The second kappa shape index (κ2) is 6.23. The van der Waals surface area contributed by atoms with Gasteiger partial charge < -0.3 is 16.1 Å². The summed E-state index contributed by atoms with van der Waals surface area (Å²) in [5.74, 6) is 0. The van der Waals surface area contributed by atoms with Crippen LogP contribution in [0.5, 0.6) is 0 Å². The van der Waals surface area contributed by atoms with Crippen LogP contribution in [0.1, 0.15) is 12.8 Å². The number of nitrogens with two attached hydrogens (primary N) is 1. The van der Waals surface area contributed by atoms with Gasteiger partial charge in [-0.1, -0.05) is 22.6 Å². The number of allylic oxidation sites excluding steroid dienone is 1. The van der Waals surface area contributed by atoms with E-state index in [4.69, 9.17) is 5.73 Å². The molecule has 14 heavy (non-hydrogen) atoms. The maximum atomic E-state index is 5.57. The molecule has 0 saturated carbocycles. The van der Waals surface area contributed by atoms with Gasteiger partial charge in [-0.3, -0.25) is 0 Å². The summed E-state index contributed by atoms with van der Waals surface area (Å²) in [7, 11) is 2.15. The highest BCUT2D eigenvalue weighted by atomic mass is 127. The van der Waals surface area contributed by atoms with Gasteiger partial charge in [0.05, 0.1) is 11.9 Å². The lowest BCUT2D eigenvalue weighted by Gasteiger charge is -2.28. The molecule has 0 aromatic carbocycles. The van der Waals surface area contributed by atoms with Crippen LogP contribution >= 0.6 is 22.6 Å². The zero-order valence-electron chi connectivity index (χ0n) is 8.41. The Labute approximate surface area is 98.7 Å². The van der Waals surface area contributed by atoms with Gasteiger partial charge in [-0.05, 0) is 33.0 Å². The minimum atomic E-state index is 0.504. The number of rotatable bonds is 3. The largest absolute Gasteiger partial charge is 0.397 e. The average molecular weight is 308 g/mol. The minimum Gasteiger partial charge on any atom is -0.397 e. The van der Waals surface area contributed by atoms with Gasteiger partial charge in [-0.25, -0.2) is 0 Å². The number of halogens is 1. The van der Waals surface area contributed by atoms with Crippen LogP contribution in [0.3, 0.4) is 0 Å². The Balaban J connectivity index is 2.22. The van der Waals surface area contributed by atoms with Crippen LogP contribution in [0.25, 0.3) is 0 Å². The molecule has 1 heterocycles. The SMILES string of the molecule is CN1CCC(N/N=C\C(N)=C/I)CC1. The maximum absolute atomic E-state index is 5.57. The summed E-state index contributed by atoms with van der Waals surface area (Å²) in [4.78, 5) is 2.33. The molecule has 0 spiro atoms. The number of likely N-dealkylation sites (tertiary alicyclic amines) is 1. The smallest absolute Gasteiger partial charge is 0.0702 e. The standard InChI is InChI=1S/C9H17IN4/c1-14-4-2-9(3-5-14)13-12-7-8(11)6-10/h6-7,9,13H,2-5,11H2,1H3/b8-6+,12-7-. The van der Waals surface area contributed by atoms with E-state index >= 15 is 0 Å². The van der Waals surface area contributed by atoms with Crippen LogP contribution in [0.15, 0.2) is 14.9 Å². The van der Waals surface area contributed by atoms with Crippen LogP contribution in [-0.2, 0) is 0 Å². The summed E-state index contributed by atoms with van der Waals surface area (Å²) in [5, 5.41) is 4.10. The van der Waals surface area contributed by atoms with Crippen LogP contribution < -0.4 is 11.2 Å². The lowest BCUT2D eigenvalue weighted by molar-refractivity contribution is 0.236. The zero-order chi connectivity index (χ0) is 10.4. The molecule has 0 radical (unpaired) electrons. The van der Waals surface area contributed by atoms with Crippen molar-refractivity contribution in [3.63, 3.8) is 0 Å². The highest BCUT2D eigenvalue weighted by molar-refractivity contribution is 14.1. The molecule has 1 aliphatic heterocycles. The van der Waals surface area contributed by atoms with Gasteiger partial charge in [0.1, 0.15) is 0 Å². The van der Waals surface area contributed by atoms with E-state index in [2.05, 4.69) is 45.1 Å². The highest BCUT2D eigenvalue weighted by Gasteiger charge is 2.14. The van der Waals surface area contributed by atoms with Gasteiger partial charge in [0.25, 0.3) is 0 Å². The first kappa shape index (κ1) is 11.8. The molecular weight excluding hydrogens is 291 g/mol. The van der Waals surface area contributed by atoms with E-state index in [0.717, 1.165) is 25.9 Å². The fraction of sp³-hybridized carbons (Fsp3) is 0.667. The Kier molecular flexibility index (Phi) is 5.24. The molecule has 0 bridgehead atoms. The van der Waals surface area contributed by atoms with Crippen molar-refractivity contribution in [1.29, 1.82) is 0 Å². The summed E-state index contributed by atoms with van der Waals surface area (Å²) >= 11 is 2.10. The summed E-state index contributed by atoms with van der Waals surface area (Å²) in [6, 6.07) is 0.504. The lowest BCUT2D eigenvalue weighted by Crippen LogP contribution is -2.38. The van der Waals surface area contributed by atoms with E-state index in [1.807, 2.05) is 0 Å². The third-order valence-corrected chi connectivity index (χ3v) is 3.03. The van der Waals surface area contributed by atoms with E-state index in [1.54, 1.807) is 10.3 Å². The molecule has 0 aromatic rings. The molecule has 1 aliphatic rings. The van der Waals surface area contributed by atoms with Crippen LogP contribution in [0.4, 0.5) is 0 Å². The number of hydrogen-bond acceptors (Lipinski definition) is 4. The average Bonchev–Trinajstić information content (AvgIpc) is 2.21. The van der Waals surface area contributed by atoms with Crippen molar-refractivity contribution in [1.82, 2.24) is 10.3 Å². The fourth-order valence-electron chi connectivity index (χ4n) is 1.38. The normalized spacial score (nSPS) is 21.7. The fourth-order valence-corrected chi connectivity index (χ4v) is 1.54. The van der Waals surface area contributed by atoms with Crippen molar-refractivity contribution < 1.29 is 0 Å². The van der Waals surface area contributed by atoms with Crippen LogP contribution in [-0.4, -0.2) is 37.3 Å². The highest BCUT2D eigenvalue weighted by Crippen LogP contribution is 2.07.